The highest BCUT2D eigenvalue weighted by Gasteiger charge is 2.36. The predicted octanol–water partition coefficient (Wildman–Crippen LogP) is 2.51. The number of benzene rings is 1. The molecule has 7 nitrogen and oxygen atoms in total. The average molecular weight is 292 g/mol. The van der Waals surface area contributed by atoms with Crippen LogP contribution in [0.25, 0.3) is 11.5 Å². The fourth-order valence-corrected chi connectivity index (χ4v) is 2.60. The maximum atomic E-state index is 13.1. The highest BCUT2D eigenvalue weighted by Crippen LogP contribution is 2.36. The number of aromatic nitrogens is 2. The lowest BCUT2D eigenvalue weighted by Crippen LogP contribution is -2.34. The molecule has 0 saturated heterocycles. The van der Waals surface area contributed by atoms with Gasteiger partial charge in [-0.1, -0.05) is 18.0 Å². The SMILES string of the molecule is NC1(c2noc(-c3ccc(F)cc3[N+](=O)[O-])n2)CCCC1. The zero-order chi connectivity index (χ0) is 15.0. The second kappa shape index (κ2) is 4.88. The van der Waals surface area contributed by atoms with Crippen LogP contribution >= 0.6 is 0 Å². The summed E-state index contributed by atoms with van der Waals surface area (Å²) in [5.41, 5.74) is 5.24. The van der Waals surface area contributed by atoms with Crippen LogP contribution in [0.3, 0.4) is 0 Å². The van der Waals surface area contributed by atoms with Crippen molar-refractivity contribution in [3.05, 3.63) is 40.0 Å². The third kappa shape index (κ3) is 2.38. The number of nitro groups is 1. The van der Waals surface area contributed by atoms with Crippen molar-refractivity contribution in [2.24, 2.45) is 5.73 Å². The van der Waals surface area contributed by atoms with Crippen molar-refractivity contribution in [3.63, 3.8) is 0 Å². The summed E-state index contributed by atoms with van der Waals surface area (Å²) in [4.78, 5) is 14.5. The van der Waals surface area contributed by atoms with E-state index in [9.17, 15) is 14.5 Å². The lowest BCUT2D eigenvalue weighted by Gasteiger charge is -2.17. The number of nitro benzene ring substituents is 1. The first-order valence-corrected chi connectivity index (χ1v) is 6.57. The number of halogens is 1. The molecule has 21 heavy (non-hydrogen) atoms. The Morgan fingerprint density at radius 1 is 1.38 bits per heavy atom. The molecule has 2 aromatic rings. The maximum Gasteiger partial charge on any atom is 0.285 e. The third-order valence-electron chi connectivity index (χ3n) is 3.75. The van der Waals surface area contributed by atoms with Gasteiger partial charge in [0.2, 0.25) is 0 Å². The van der Waals surface area contributed by atoms with Gasteiger partial charge in [-0.05, 0) is 25.0 Å². The summed E-state index contributed by atoms with van der Waals surface area (Å²) in [5, 5.41) is 14.8. The Balaban J connectivity index is 2.02. The summed E-state index contributed by atoms with van der Waals surface area (Å²) >= 11 is 0. The first-order valence-electron chi connectivity index (χ1n) is 6.57. The maximum absolute atomic E-state index is 13.1. The molecule has 0 amide bonds. The summed E-state index contributed by atoms with van der Waals surface area (Å²) in [5.74, 6) is -0.377. The Hall–Kier alpha value is -2.35. The zero-order valence-electron chi connectivity index (χ0n) is 11.1. The van der Waals surface area contributed by atoms with Gasteiger partial charge < -0.3 is 10.3 Å². The van der Waals surface area contributed by atoms with Crippen LogP contribution in [0.4, 0.5) is 10.1 Å². The lowest BCUT2D eigenvalue weighted by atomic mass is 9.98. The van der Waals surface area contributed by atoms with Gasteiger partial charge in [0.05, 0.1) is 16.5 Å². The van der Waals surface area contributed by atoms with E-state index in [1.165, 1.54) is 6.07 Å². The molecular formula is C13H13FN4O3. The van der Waals surface area contributed by atoms with Crippen molar-refractivity contribution in [3.8, 4) is 11.5 Å². The standard InChI is InChI=1S/C13H13FN4O3/c14-8-3-4-9(10(7-8)18(19)20)11-16-12(17-21-11)13(15)5-1-2-6-13/h3-4,7H,1-2,5-6,15H2. The van der Waals surface area contributed by atoms with E-state index in [1.54, 1.807) is 0 Å². The van der Waals surface area contributed by atoms with Gasteiger partial charge in [0.15, 0.2) is 5.82 Å². The van der Waals surface area contributed by atoms with Crippen molar-refractivity contribution in [1.82, 2.24) is 10.1 Å². The smallest absolute Gasteiger partial charge is 0.285 e. The van der Waals surface area contributed by atoms with Crippen LogP contribution in [0, 0.1) is 15.9 Å². The van der Waals surface area contributed by atoms with Crippen LogP contribution in [0.5, 0.6) is 0 Å². The van der Waals surface area contributed by atoms with E-state index in [0.29, 0.717) is 5.82 Å². The topological polar surface area (TPSA) is 108 Å². The van der Waals surface area contributed by atoms with Crippen LogP contribution in [0.2, 0.25) is 0 Å². The van der Waals surface area contributed by atoms with Gasteiger partial charge in [0.25, 0.3) is 11.6 Å². The molecule has 0 unspecified atom stereocenters. The van der Waals surface area contributed by atoms with Crippen molar-refractivity contribution < 1.29 is 13.8 Å². The minimum absolute atomic E-state index is 0.0200. The molecule has 2 N–H and O–H groups in total. The van der Waals surface area contributed by atoms with E-state index >= 15 is 0 Å². The number of hydrogen-bond acceptors (Lipinski definition) is 6. The molecule has 110 valence electrons. The molecule has 0 bridgehead atoms. The molecule has 0 aliphatic heterocycles. The van der Waals surface area contributed by atoms with E-state index in [-0.39, 0.29) is 11.5 Å². The number of nitrogens with zero attached hydrogens (tertiary/aromatic N) is 3. The molecular weight excluding hydrogens is 279 g/mol. The lowest BCUT2D eigenvalue weighted by molar-refractivity contribution is -0.384. The summed E-state index contributed by atoms with van der Waals surface area (Å²) in [6.07, 6.45) is 3.46. The van der Waals surface area contributed by atoms with E-state index in [1.807, 2.05) is 0 Å². The van der Waals surface area contributed by atoms with Gasteiger partial charge in [0, 0.05) is 0 Å². The van der Waals surface area contributed by atoms with E-state index in [4.69, 9.17) is 10.3 Å². The molecule has 1 aromatic carbocycles. The number of hydrogen-bond donors (Lipinski definition) is 1. The Labute approximate surface area is 119 Å². The molecule has 1 heterocycles. The second-order valence-corrected chi connectivity index (χ2v) is 5.20. The normalized spacial score (nSPS) is 17.0. The highest BCUT2D eigenvalue weighted by molar-refractivity contribution is 5.66. The third-order valence-corrected chi connectivity index (χ3v) is 3.75. The molecule has 1 fully saturated rings. The highest BCUT2D eigenvalue weighted by atomic mass is 19.1. The van der Waals surface area contributed by atoms with Gasteiger partial charge in [-0.15, -0.1) is 0 Å². The number of nitrogens with two attached hydrogens (primary N) is 1. The molecule has 1 aliphatic rings. The summed E-state index contributed by atoms with van der Waals surface area (Å²) in [6.45, 7) is 0. The molecule has 1 saturated carbocycles. The zero-order valence-corrected chi connectivity index (χ0v) is 11.1. The van der Waals surface area contributed by atoms with Gasteiger partial charge in [0.1, 0.15) is 11.4 Å². The van der Waals surface area contributed by atoms with Gasteiger partial charge in [-0.3, -0.25) is 10.1 Å². The van der Waals surface area contributed by atoms with Crippen LogP contribution in [-0.2, 0) is 5.54 Å². The molecule has 1 aromatic heterocycles. The Kier molecular flexibility index (Phi) is 3.17. The van der Waals surface area contributed by atoms with Crippen LogP contribution < -0.4 is 5.73 Å². The van der Waals surface area contributed by atoms with Crippen molar-refractivity contribution in [1.29, 1.82) is 0 Å². The predicted molar refractivity (Wildman–Crippen MR) is 70.7 cm³/mol. The summed E-state index contributed by atoms with van der Waals surface area (Å²) in [7, 11) is 0. The Morgan fingerprint density at radius 3 is 2.76 bits per heavy atom. The van der Waals surface area contributed by atoms with Gasteiger partial charge in [-0.2, -0.15) is 4.98 Å². The van der Waals surface area contributed by atoms with E-state index in [2.05, 4.69) is 10.1 Å². The van der Waals surface area contributed by atoms with Crippen LogP contribution in [-0.4, -0.2) is 15.1 Å². The minimum atomic E-state index is -0.698. The minimum Gasteiger partial charge on any atom is -0.334 e. The molecule has 8 heteroatoms. The number of rotatable bonds is 3. The van der Waals surface area contributed by atoms with Crippen molar-refractivity contribution in [2.75, 3.05) is 0 Å². The van der Waals surface area contributed by atoms with Crippen molar-refractivity contribution in [2.45, 2.75) is 31.2 Å². The largest absolute Gasteiger partial charge is 0.334 e. The molecule has 0 radical (unpaired) electrons. The quantitative estimate of drug-likeness (QED) is 0.687. The molecule has 0 atom stereocenters. The first kappa shape index (κ1) is 13.6. The van der Waals surface area contributed by atoms with E-state index < -0.39 is 22.0 Å². The van der Waals surface area contributed by atoms with Crippen LogP contribution in [0.1, 0.15) is 31.5 Å². The molecule has 0 spiro atoms. The fraction of sp³-hybridized carbons (Fsp3) is 0.385. The first-order chi connectivity index (χ1) is 9.99. The molecule has 1 aliphatic carbocycles. The Bertz CT molecular complexity index is 694. The fourth-order valence-electron chi connectivity index (χ4n) is 2.60. The second-order valence-electron chi connectivity index (χ2n) is 5.20. The Morgan fingerprint density at radius 2 is 2.10 bits per heavy atom. The monoisotopic (exact) mass is 292 g/mol. The summed E-state index contributed by atoms with van der Waals surface area (Å²) in [6, 6.07) is 3.19. The van der Waals surface area contributed by atoms with Gasteiger partial charge >= 0.3 is 0 Å². The van der Waals surface area contributed by atoms with Gasteiger partial charge in [-0.25, -0.2) is 4.39 Å². The van der Waals surface area contributed by atoms with Crippen molar-refractivity contribution >= 4 is 5.69 Å². The molecule has 3 rings (SSSR count). The average Bonchev–Trinajstić information content (AvgIpc) is 3.08. The van der Waals surface area contributed by atoms with Crippen LogP contribution in [0.15, 0.2) is 22.7 Å². The summed E-state index contributed by atoms with van der Waals surface area (Å²) < 4.78 is 18.2. The van der Waals surface area contributed by atoms with E-state index in [0.717, 1.165) is 37.8 Å².